The first-order valence-corrected chi connectivity index (χ1v) is 38.7. The van der Waals surface area contributed by atoms with E-state index in [4.69, 9.17) is 34.6 Å². The zero-order chi connectivity index (χ0) is 80.4. The van der Waals surface area contributed by atoms with E-state index < -0.39 is 245 Å². The Hall–Kier alpha value is -8.16. The minimum atomic E-state index is -5.30. The predicted octanol–water partition coefficient (Wildman–Crippen LogP) is 13.4. The highest BCUT2D eigenvalue weighted by Gasteiger charge is 2.68. The maximum atomic E-state index is 15.9. The van der Waals surface area contributed by atoms with E-state index in [9.17, 15) is 53.8 Å². The number of ether oxygens (including phenoxy) is 2. The lowest BCUT2D eigenvalue weighted by Crippen LogP contribution is -2.46. The highest BCUT2D eigenvalue weighted by atomic mass is 35.5. The number of benzene rings is 3. The number of carbonyl (C=O) groups is 5. The Morgan fingerprint density at radius 3 is 1.93 bits per heavy atom. The van der Waals surface area contributed by atoms with Crippen molar-refractivity contribution in [1.82, 2.24) is 35.2 Å². The van der Waals surface area contributed by atoms with E-state index in [1.54, 1.807) is 20.8 Å². The number of pyridine rings is 1. The van der Waals surface area contributed by atoms with E-state index in [-0.39, 0.29) is 42.5 Å². The van der Waals surface area contributed by atoms with E-state index in [1.807, 2.05) is 0 Å². The standard InChI is InChI=1S/C70H80ClF10N8O15PS2/c1-36(2)102-105(95,103-37(3)4)104-50-19-17-18-39(29-51(90)84-49(63(94)101-65(8,9)10)32-54(93)100-64(5,6)7)57(50)66(11,12)33-53(92)89(107(16,98)99)62-56-47(71)23-22-44(59(56)88(86-62)35-68(74,75)76)43-21-20-42(24-25-67(13,14)106(15,96)97)82-58(43)48(28-38-26-40(72)30-41(73)27-38)83-52(91)34-87-61-55(60(85-87)70(79,80)81)45-31-46(45)69(61,77)78/h17-23,26-27,30,36-37,45-46,48-49H,28-29,31-35H2,1-16H3,(H,83,91)(H,84,90)/t45-,46+,48-,49-/m0/s1. The summed E-state index contributed by atoms with van der Waals surface area (Å²) in [5.74, 6) is -11.3. The quantitative estimate of drug-likeness (QED) is 0.0221. The molecule has 0 bridgehead atoms. The van der Waals surface area contributed by atoms with Gasteiger partial charge in [0, 0.05) is 52.3 Å². The van der Waals surface area contributed by atoms with Gasteiger partial charge in [0.25, 0.3) is 5.92 Å². The third-order valence-corrected chi connectivity index (χ3v) is 21.6. The van der Waals surface area contributed by atoms with Gasteiger partial charge in [-0.2, -0.15) is 49.6 Å². The monoisotopic (exact) mass is 1590 g/mol. The molecule has 0 saturated heterocycles. The summed E-state index contributed by atoms with van der Waals surface area (Å²) in [4.78, 5) is 76.1. The van der Waals surface area contributed by atoms with E-state index in [0.29, 0.717) is 12.3 Å². The Bertz CT molecular complexity index is 4830. The zero-order valence-electron chi connectivity index (χ0n) is 60.9. The highest BCUT2D eigenvalue weighted by molar-refractivity contribution is 7.93. The molecule has 3 amide bonds. The average Bonchev–Trinajstić information content (AvgIpc) is 1.52. The van der Waals surface area contributed by atoms with Crippen molar-refractivity contribution in [1.29, 1.82) is 0 Å². The zero-order valence-corrected chi connectivity index (χ0v) is 64.2. The number of halogens is 11. The summed E-state index contributed by atoms with van der Waals surface area (Å²) < 4.78 is 248. The first kappa shape index (κ1) is 84.5. The maximum absolute atomic E-state index is 15.9. The van der Waals surface area contributed by atoms with Crippen molar-refractivity contribution in [2.75, 3.05) is 16.8 Å². The molecule has 3 heterocycles. The lowest BCUT2D eigenvalue weighted by atomic mass is 9.77. The fourth-order valence-corrected chi connectivity index (χ4v) is 15.1. The van der Waals surface area contributed by atoms with Crippen LogP contribution in [-0.4, -0.2) is 124 Å². The number of esters is 2. The molecular formula is C70H80ClF10N8O15PS2. The van der Waals surface area contributed by atoms with Crippen LogP contribution in [0, 0.1) is 29.4 Å². The van der Waals surface area contributed by atoms with E-state index in [0.717, 1.165) is 42.7 Å². The summed E-state index contributed by atoms with van der Waals surface area (Å²) >= 11 is 6.96. The molecule has 23 nitrogen and oxygen atoms in total. The third kappa shape index (κ3) is 20.4. The SMILES string of the molecule is CC(C)OP(=O)(Oc1cccc(CC(=O)N[C@@H](CC(=O)OC(C)(C)C)C(=O)OC(C)(C)C)c1C(C)(C)CC(=O)N(c1nn(CC(F)(F)F)c2c(-c3ccc(C#CC(C)(C)S(C)(=O)=O)nc3[C@H](Cc3cc(F)cc(F)c3)NC(=O)Cn3nc(C(F)(F)F)c4c3C(F)(F)[C@@H]3C[C@H]43)ccc(Cl)c12)S(C)(=O)=O)OC(C)C. The number of phosphoric ester groups is 1. The van der Waals surface area contributed by atoms with Crippen LogP contribution in [0.3, 0.4) is 0 Å². The topological polar surface area (TPSA) is 293 Å². The Morgan fingerprint density at radius 2 is 1.38 bits per heavy atom. The van der Waals surface area contributed by atoms with Crippen molar-refractivity contribution in [3.63, 3.8) is 0 Å². The van der Waals surface area contributed by atoms with Crippen LogP contribution >= 0.6 is 19.4 Å². The van der Waals surface area contributed by atoms with E-state index >= 15 is 35.5 Å². The Labute approximate surface area is 616 Å². The van der Waals surface area contributed by atoms with Crippen molar-refractivity contribution in [2.45, 2.75) is 212 Å². The molecule has 2 N–H and O–H groups in total. The van der Waals surface area contributed by atoms with Crippen LogP contribution in [0.5, 0.6) is 5.75 Å². The molecule has 4 atom stereocenters. The molecular weight excluding hydrogens is 1510 g/mol. The van der Waals surface area contributed by atoms with Crippen molar-refractivity contribution in [3.05, 3.63) is 122 Å². The number of anilines is 1. The number of sulfone groups is 1. The van der Waals surface area contributed by atoms with Crippen molar-refractivity contribution in [2.24, 2.45) is 5.92 Å². The number of fused-ring (bicyclic) bond motifs is 4. The molecule has 107 heavy (non-hydrogen) atoms. The number of alkyl halides is 8. The lowest BCUT2D eigenvalue weighted by molar-refractivity contribution is -0.165. The number of amides is 3. The summed E-state index contributed by atoms with van der Waals surface area (Å²) in [5, 5.41) is 11.2. The third-order valence-electron chi connectivity index (χ3n) is 16.5. The van der Waals surface area contributed by atoms with E-state index in [2.05, 4.69) is 37.7 Å². The molecule has 0 radical (unpaired) electrons. The lowest BCUT2D eigenvalue weighted by Gasteiger charge is -2.32. The van der Waals surface area contributed by atoms with Gasteiger partial charge in [0.15, 0.2) is 21.3 Å². The minimum Gasteiger partial charge on any atom is -0.460 e. The van der Waals surface area contributed by atoms with Crippen LogP contribution in [0.25, 0.3) is 22.0 Å². The van der Waals surface area contributed by atoms with Gasteiger partial charge in [0.1, 0.15) is 63.9 Å². The number of rotatable bonds is 26. The van der Waals surface area contributed by atoms with Crippen LogP contribution < -0.4 is 19.5 Å². The average molecular weight is 1590 g/mol. The first-order valence-electron chi connectivity index (χ1n) is 33.1. The van der Waals surface area contributed by atoms with Gasteiger partial charge in [-0.05, 0) is 155 Å². The molecule has 3 aromatic heterocycles. The number of carbonyl (C=O) groups excluding carboxylic acids is 5. The van der Waals surface area contributed by atoms with Crippen LogP contribution in [0.2, 0.25) is 5.02 Å². The van der Waals surface area contributed by atoms with Crippen LogP contribution in [0.4, 0.5) is 49.7 Å². The summed E-state index contributed by atoms with van der Waals surface area (Å²) in [5.41, 5.74) is -11.0. The Morgan fingerprint density at radius 1 is 0.785 bits per heavy atom. The smallest absolute Gasteiger partial charge is 0.460 e. The fraction of sp³-hybridized carbons (Fsp3) is 0.514. The Balaban J connectivity index is 1.33. The number of hydrogen-bond donors (Lipinski definition) is 2. The Kier molecular flexibility index (Phi) is 24.0. The first-order chi connectivity index (χ1) is 48.8. The maximum Gasteiger partial charge on any atom is 0.530 e. The van der Waals surface area contributed by atoms with Crippen LogP contribution in [0.1, 0.15) is 173 Å². The van der Waals surface area contributed by atoms with Gasteiger partial charge in [-0.25, -0.2) is 40.0 Å². The number of hydrogen-bond acceptors (Lipinski definition) is 18. The number of sulfonamides is 1. The molecule has 6 aromatic rings. The molecule has 2 aliphatic carbocycles. The van der Waals surface area contributed by atoms with Crippen molar-refractivity contribution >= 4 is 85.7 Å². The largest absolute Gasteiger partial charge is 0.530 e. The van der Waals surface area contributed by atoms with Gasteiger partial charge in [-0.1, -0.05) is 49.6 Å². The fourth-order valence-electron chi connectivity index (χ4n) is 12.2. The van der Waals surface area contributed by atoms with Crippen LogP contribution in [0.15, 0.2) is 60.7 Å². The van der Waals surface area contributed by atoms with E-state index in [1.165, 1.54) is 94.4 Å². The number of nitrogens with zero attached hydrogens (tertiary/aromatic N) is 6. The molecule has 1 saturated carbocycles. The number of aromatic nitrogens is 5. The summed E-state index contributed by atoms with van der Waals surface area (Å²) in [6.45, 7) is 16.9. The normalized spacial score (nSPS) is 16.2. The van der Waals surface area contributed by atoms with Crippen molar-refractivity contribution < 1.29 is 112 Å². The van der Waals surface area contributed by atoms with Gasteiger partial charge < -0.3 is 24.6 Å². The highest BCUT2D eigenvalue weighted by Crippen LogP contribution is 2.68. The molecule has 1 fully saturated rings. The minimum absolute atomic E-state index is 0.0261. The molecule has 2 aliphatic rings. The van der Waals surface area contributed by atoms with Gasteiger partial charge in [-0.3, -0.25) is 37.6 Å². The van der Waals surface area contributed by atoms with Gasteiger partial charge >= 0.3 is 32.1 Å². The number of nitrogens with one attached hydrogen (secondary N) is 2. The second kappa shape index (κ2) is 30.4. The summed E-state index contributed by atoms with van der Waals surface area (Å²) in [6, 6.07) is 6.61. The molecule has 8 rings (SSSR count). The van der Waals surface area contributed by atoms with Gasteiger partial charge in [-0.15, -0.1) is 0 Å². The second-order valence-corrected chi connectivity index (χ2v) is 36.1. The molecule has 37 heteroatoms. The number of phosphoric acid groups is 1. The predicted molar refractivity (Wildman–Crippen MR) is 372 cm³/mol. The molecule has 0 spiro atoms. The molecule has 0 unspecified atom stereocenters. The van der Waals surface area contributed by atoms with Gasteiger partial charge in [0.05, 0.1) is 59.0 Å². The molecule has 584 valence electrons. The molecule has 0 aliphatic heterocycles. The molecule has 3 aromatic carbocycles. The van der Waals surface area contributed by atoms with Crippen molar-refractivity contribution in [3.8, 4) is 28.7 Å². The van der Waals surface area contributed by atoms with Gasteiger partial charge in [0.2, 0.25) is 27.7 Å². The summed E-state index contributed by atoms with van der Waals surface area (Å²) in [6.07, 6.45) is -14.6. The second-order valence-electron chi connectivity index (χ2n) is 29.8. The summed E-state index contributed by atoms with van der Waals surface area (Å²) in [7, 11) is -13.9. The van der Waals surface area contributed by atoms with Crippen LogP contribution in [-0.2, 0) is 110 Å².